The molecule has 1 unspecified atom stereocenters. The second-order valence-corrected chi connectivity index (χ2v) is 5.44. The minimum absolute atomic E-state index is 0.116. The lowest BCUT2D eigenvalue weighted by molar-refractivity contribution is 0.385. The number of rotatable bonds is 4. The van der Waals surface area contributed by atoms with Gasteiger partial charge in [0.1, 0.15) is 11.6 Å². The monoisotopic (exact) mass is 269 g/mol. The van der Waals surface area contributed by atoms with Crippen molar-refractivity contribution in [1.82, 2.24) is 5.32 Å². The van der Waals surface area contributed by atoms with Crippen LogP contribution in [0.5, 0.6) is 5.75 Å². The van der Waals surface area contributed by atoms with Crippen LogP contribution >= 0.6 is 11.8 Å². The van der Waals surface area contributed by atoms with Gasteiger partial charge in [-0.2, -0.15) is 0 Å². The lowest BCUT2D eigenvalue weighted by atomic mass is 9.97. The van der Waals surface area contributed by atoms with Gasteiger partial charge in [0.25, 0.3) is 0 Å². The molecular weight excluding hydrogens is 249 g/mol. The van der Waals surface area contributed by atoms with Crippen molar-refractivity contribution < 1.29 is 9.13 Å². The van der Waals surface area contributed by atoms with Gasteiger partial charge in [-0.05, 0) is 43.7 Å². The number of halogens is 1. The van der Waals surface area contributed by atoms with Gasteiger partial charge in [0.05, 0.1) is 12.0 Å². The number of benzene rings is 1. The van der Waals surface area contributed by atoms with Crippen molar-refractivity contribution >= 4 is 11.8 Å². The Labute approximate surface area is 112 Å². The summed E-state index contributed by atoms with van der Waals surface area (Å²) < 4.78 is 19.5. The second-order valence-electron chi connectivity index (χ2n) is 4.63. The summed E-state index contributed by atoms with van der Waals surface area (Å²) in [5.41, 5.74) is 0.791. The van der Waals surface area contributed by atoms with Gasteiger partial charge in [-0.1, -0.05) is 12.5 Å². The van der Waals surface area contributed by atoms with Crippen LogP contribution in [-0.4, -0.2) is 26.0 Å². The van der Waals surface area contributed by atoms with Crippen LogP contribution < -0.4 is 10.1 Å². The van der Waals surface area contributed by atoms with Crippen LogP contribution in [0.4, 0.5) is 4.39 Å². The maximum Gasteiger partial charge on any atom is 0.143 e. The third kappa shape index (κ3) is 2.98. The quantitative estimate of drug-likeness (QED) is 0.848. The SMILES string of the molecule is COc1ccc(CC2CCCCN2)c(F)c1SC. The molecule has 18 heavy (non-hydrogen) atoms. The molecule has 100 valence electrons. The summed E-state index contributed by atoms with van der Waals surface area (Å²) in [5.74, 6) is 0.509. The summed E-state index contributed by atoms with van der Waals surface area (Å²) >= 11 is 1.40. The average Bonchev–Trinajstić information content (AvgIpc) is 2.42. The highest BCUT2D eigenvalue weighted by molar-refractivity contribution is 7.98. The van der Waals surface area contributed by atoms with E-state index in [0.717, 1.165) is 24.9 Å². The zero-order valence-electron chi connectivity index (χ0n) is 11.0. The van der Waals surface area contributed by atoms with Gasteiger partial charge in [0.15, 0.2) is 0 Å². The first-order valence-corrected chi connectivity index (χ1v) is 7.61. The van der Waals surface area contributed by atoms with E-state index >= 15 is 0 Å². The number of piperidine rings is 1. The van der Waals surface area contributed by atoms with Crippen molar-refractivity contribution in [2.45, 2.75) is 36.6 Å². The summed E-state index contributed by atoms with van der Waals surface area (Å²) in [6.07, 6.45) is 6.26. The van der Waals surface area contributed by atoms with E-state index in [9.17, 15) is 4.39 Å². The molecule has 1 aliphatic heterocycles. The largest absolute Gasteiger partial charge is 0.495 e. The van der Waals surface area contributed by atoms with Crippen molar-refractivity contribution in [1.29, 1.82) is 0 Å². The molecule has 0 aromatic heterocycles. The van der Waals surface area contributed by atoms with E-state index in [1.165, 1.54) is 24.6 Å². The molecule has 0 aliphatic carbocycles. The van der Waals surface area contributed by atoms with E-state index in [2.05, 4.69) is 5.32 Å². The fourth-order valence-corrected chi connectivity index (χ4v) is 3.11. The molecule has 0 saturated carbocycles. The molecule has 1 saturated heterocycles. The van der Waals surface area contributed by atoms with Crippen LogP contribution in [0.15, 0.2) is 17.0 Å². The lowest BCUT2D eigenvalue weighted by Gasteiger charge is -2.24. The van der Waals surface area contributed by atoms with Crippen LogP contribution in [0, 0.1) is 5.82 Å². The Balaban J connectivity index is 2.17. The van der Waals surface area contributed by atoms with Crippen LogP contribution in [0.3, 0.4) is 0 Å². The van der Waals surface area contributed by atoms with E-state index in [1.54, 1.807) is 7.11 Å². The third-order valence-electron chi connectivity index (χ3n) is 3.44. The molecule has 2 rings (SSSR count). The first kappa shape index (κ1) is 13.7. The normalized spacial score (nSPS) is 19.8. The van der Waals surface area contributed by atoms with Gasteiger partial charge >= 0.3 is 0 Å². The molecule has 1 atom stereocenters. The lowest BCUT2D eigenvalue weighted by Crippen LogP contribution is -2.35. The highest BCUT2D eigenvalue weighted by atomic mass is 32.2. The first-order chi connectivity index (χ1) is 8.76. The Morgan fingerprint density at radius 1 is 1.44 bits per heavy atom. The minimum atomic E-state index is -0.116. The fraction of sp³-hybridized carbons (Fsp3) is 0.571. The Hall–Kier alpha value is -0.740. The first-order valence-electron chi connectivity index (χ1n) is 6.39. The van der Waals surface area contributed by atoms with Crippen LogP contribution in [0.1, 0.15) is 24.8 Å². The molecule has 2 nitrogen and oxygen atoms in total. The van der Waals surface area contributed by atoms with Crippen molar-refractivity contribution in [3.8, 4) is 5.75 Å². The number of thioether (sulfide) groups is 1. The summed E-state index contributed by atoms with van der Waals surface area (Å²) in [4.78, 5) is 0.616. The smallest absolute Gasteiger partial charge is 0.143 e. The van der Waals surface area contributed by atoms with Crippen molar-refractivity contribution in [3.05, 3.63) is 23.5 Å². The van der Waals surface area contributed by atoms with E-state index in [-0.39, 0.29) is 5.82 Å². The molecule has 1 N–H and O–H groups in total. The molecule has 1 aliphatic rings. The highest BCUT2D eigenvalue weighted by Crippen LogP contribution is 2.32. The number of nitrogens with one attached hydrogen (secondary N) is 1. The van der Waals surface area contributed by atoms with Gasteiger partial charge in [-0.15, -0.1) is 11.8 Å². The topological polar surface area (TPSA) is 21.3 Å². The van der Waals surface area contributed by atoms with Gasteiger partial charge < -0.3 is 10.1 Å². The second kappa shape index (κ2) is 6.43. The van der Waals surface area contributed by atoms with E-state index in [4.69, 9.17) is 4.74 Å². The van der Waals surface area contributed by atoms with Crippen LogP contribution in [0.25, 0.3) is 0 Å². The summed E-state index contributed by atoms with van der Waals surface area (Å²) in [6, 6.07) is 4.13. The van der Waals surface area contributed by atoms with E-state index in [0.29, 0.717) is 16.7 Å². The number of hydrogen-bond acceptors (Lipinski definition) is 3. The van der Waals surface area contributed by atoms with Gasteiger partial charge in [-0.3, -0.25) is 0 Å². The highest BCUT2D eigenvalue weighted by Gasteiger charge is 2.18. The van der Waals surface area contributed by atoms with Crippen LogP contribution in [0.2, 0.25) is 0 Å². The molecule has 4 heteroatoms. The van der Waals surface area contributed by atoms with Crippen molar-refractivity contribution in [2.24, 2.45) is 0 Å². The van der Waals surface area contributed by atoms with Gasteiger partial charge in [0.2, 0.25) is 0 Å². The third-order valence-corrected chi connectivity index (χ3v) is 4.23. The maximum atomic E-state index is 14.3. The molecule has 1 heterocycles. The Kier molecular flexibility index (Phi) is 4.89. The Morgan fingerprint density at radius 2 is 2.28 bits per heavy atom. The summed E-state index contributed by atoms with van der Waals surface area (Å²) in [6.45, 7) is 1.05. The minimum Gasteiger partial charge on any atom is -0.495 e. The Bertz CT molecular complexity index is 405. The molecule has 0 radical (unpaired) electrons. The molecule has 0 bridgehead atoms. The summed E-state index contributed by atoms with van der Waals surface area (Å²) in [7, 11) is 1.58. The molecule has 1 fully saturated rings. The number of hydrogen-bond donors (Lipinski definition) is 1. The maximum absolute atomic E-state index is 14.3. The van der Waals surface area contributed by atoms with Gasteiger partial charge in [-0.25, -0.2) is 4.39 Å². The fourth-order valence-electron chi connectivity index (χ4n) is 2.45. The molecular formula is C14H20FNOS. The standard InChI is InChI=1S/C14H20FNOS/c1-17-12-7-6-10(13(15)14(12)18-2)9-11-5-3-4-8-16-11/h6-7,11,16H,3-5,8-9H2,1-2H3. The Morgan fingerprint density at radius 3 is 2.89 bits per heavy atom. The molecule has 0 spiro atoms. The van der Waals surface area contributed by atoms with E-state index in [1.807, 2.05) is 18.4 Å². The summed E-state index contributed by atoms with van der Waals surface area (Å²) in [5, 5.41) is 3.46. The zero-order chi connectivity index (χ0) is 13.0. The number of ether oxygens (including phenoxy) is 1. The van der Waals surface area contributed by atoms with Crippen molar-refractivity contribution in [2.75, 3.05) is 19.9 Å². The zero-order valence-corrected chi connectivity index (χ0v) is 11.8. The predicted octanol–water partition coefficient (Wildman–Crippen LogP) is 3.24. The average molecular weight is 269 g/mol. The van der Waals surface area contributed by atoms with Crippen molar-refractivity contribution in [3.63, 3.8) is 0 Å². The molecule has 0 amide bonds. The molecule has 1 aromatic carbocycles. The van der Waals surface area contributed by atoms with E-state index < -0.39 is 0 Å². The molecule has 1 aromatic rings. The van der Waals surface area contributed by atoms with Crippen LogP contribution in [-0.2, 0) is 6.42 Å². The number of methoxy groups -OCH3 is 1. The van der Waals surface area contributed by atoms with Gasteiger partial charge in [0, 0.05) is 6.04 Å². The predicted molar refractivity (Wildman–Crippen MR) is 74.1 cm³/mol.